The van der Waals surface area contributed by atoms with Crippen molar-refractivity contribution in [3.8, 4) is 67.3 Å². The van der Waals surface area contributed by atoms with E-state index in [1.54, 1.807) is 12.4 Å². The first-order valence-electron chi connectivity index (χ1n) is 13.9. The highest BCUT2D eigenvalue weighted by atomic mass is 14.7. The minimum absolute atomic E-state index is 0.914. The lowest BCUT2D eigenvalue weighted by molar-refractivity contribution is 1.28. The zero-order valence-electron chi connectivity index (χ0n) is 22.8. The van der Waals surface area contributed by atoms with Crippen molar-refractivity contribution in [3.63, 3.8) is 0 Å². The van der Waals surface area contributed by atoms with Gasteiger partial charge in [-0.05, 0) is 70.8 Å². The molecular formula is C38H26N4. The van der Waals surface area contributed by atoms with Crippen molar-refractivity contribution in [2.75, 3.05) is 0 Å². The van der Waals surface area contributed by atoms with Gasteiger partial charge in [0.25, 0.3) is 0 Å². The molecule has 0 aliphatic rings. The molecular weight excluding hydrogens is 512 g/mol. The van der Waals surface area contributed by atoms with E-state index in [0.717, 1.165) is 56.2 Å². The van der Waals surface area contributed by atoms with Gasteiger partial charge in [0.1, 0.15) is 0 Å². The molecule has 7 rings (SSSR count). The summed E-state index contributed by atoms with van der Waals surface area (Å²) >= 11 is 0. The number of hydrogen-bond acceptors (Lipinski definition) is 4. The second kappa shape index (κ2) is 11.4. The van der Waals surface area contributed by atoms with Gasteiger partial charge >= 0.3 is 0 Å². The first-order valence-corrected chi connectivity index (χ1v) is 13.9. The molecule has 0 atom stereocenters. The number of aromatic nitrogens is 4. The molecule has 0 saturated heterocycles. The van der Waals surface area contributed by atoms with Crippen LogP contribution in [0.4, 0.5) is 0 Å². The fraction of sp³-hybridized carbons (Fsp3) is 0. The van der Waals surface area contributed by atoms with Crippen molar-refractivity contribution in [2.45, 2.75) is 0 Å². The highest BCUT2D eigenvalue weighted by molar-refractivity contribution is 5.85. The third-order valence-electron chi connectivity index (χ3n) is 7.32. The molecule has 0 unspecified atom stereocenters. The van der Waals surface area contributed by atoms with Crippen LogP contribution in [-0.4, -0.2) is 19.9 Å². The van der Waals surface area contributed by atoms with Crippen molar-refractivity contribution >= 4 is 0 Å². The maximum absolute atomic E-state index is 4.89. The van der Waals surface area contributed by atoms with Crippen LogP contribution >= 0.6 is 0 Å². The highest BCUT2D eigenvalue weighted by Crippen LogP contribution is 2.34. The lowest BCUT2D eigenvalue weighted by Crippen LogP contribution is -1.90. The van der Waals surface area contributed by atoms with E-state index < -0.39 is 0 Å². The topological polar surface area (TPSA) is 51.6 Å². The average molecular weight is 539 g/mol. The van der Waals surface area contributed by atoms with Crippen molar-refractivity contribution in [1.29, 1.82) is 0 Å². The third kappa shape index (κ3) is 5.21. The van der Waals surface area contributed by atoms with Crippen LogP contribution in [0.15, 0.2) is 158 Å². The minimum atomic E-state index is 0.914. The predicted molar refractivity (Wildman–Crippen MR) is 170 cm³/mol. The molecule has 198 valence electrons. The molecule has 0 spiro atoms. The summed E-state index contributed by atoms with van der Waals surface area (Å²) < 4.78 is 0. The van der Waals surface area contributed by atoms with Crippen LogP contribution in [0.5, 0.6) is 0 Å². The quantitative estimate of drug-likeness (QED) is 0.212. The number of rotatable bonds is 6. The Morgan fingerprint density at radius 1 is 0.286 bits per heavy atom. The van der Waals surface area contributed by atoms with Gasteiger partial charge in [-0.3, -0.25) is 9.97 Å². The molecule has 4 heterocycles. The number of pyridine rings is 4. The first-order chi connectivity index (χ1) is 20.8. The van der Waals surface area contributed by atoms with Gasteiger partial charge in [-0.1, -0.05) is 84.9 Å². The summed E-state index contributed by atoms with van der Waals surface area (Å²) in [7, 11) is 0. The Hall–Kier alpha value is -5.74. The van der Waals surface area contributed by atoms with Crippen LogP contribution in [0.25, 0.3) is 67.3 Å². The van der Waals surface area contributed by atoms with Gasteiger partial charge in [-0.25, -0.2) is 9.97 Å². The van der Waals surface area contributed by atoms with Crippen LogP contribution < -0.4 is 0 Å². The van der Waals surface area contributed by atoms with Gasteiger partial charge in [0, 0.05) is 47.0 Å². The standard InChI is InChI=1S/C38H26N4/c1-2-10-34(28-17-21-30(22-18-28)36-12-4-14-38(42-36)32-8-6-24-40-26-32)33(9-1)27-15-19-29(20-16-27)35-11-3-13-37(41-35)31-7-5-23-39-25-31/h1-26H. The maximum Gasteiger partial charge on any atom is 0.0725 e. The minimum Gasteiger partial charge on any atom is -0.264 e. The average Bonchev–Trinajstić information content (AvgIpc) is 3.09. The van der Waals surface area contributed by atoms with E-state index in [1.807, 2.05) is 73.1 Å². The van der Waals surface area contributed by atoms with Crippen molar-refractivity contribution in [3.05, 3.63) is 158 Å². The number of hydrogen-bond donors (Lipinski definition) is 0. The Balaban J connectivity index is 1.16. The molecule has 0 fully saturated rings. The molecule has 0 aliphatic heterocycles. The summed E-state index contributed by atoms with van der Waals surface area (Å²) in [6.45, 7) is 0. The van der Waals surface area contributed by atoms with E-state index in [9.17, 15) is 0 Å². The van der Waals surface area contributed by atoms with Crippen LogP contribution in [0.1, 0.15) is 0 Å². The lowest BCUT2D eigenvalue weighted by Gasteiger charge is -2.12. The number of nitrogens with zero attached hydrogens (tertiary/aromatic N) is 4. The zero-order valence-corrected chi connectivity index (χ0v) is 22.8. The van der Waals surface area contributed by atoms with Crippen LogP contribution in [0, 0.1) is 0 Å². The maximum atomic E-state index is 4.89. The molecule has 0 bridgehead atoms. The first kappa shape index (κ1) is 25.2. The highest BCUT2D eigenvalue weighted by Gasteiger charge is 2.10. The van der Waals surface area contributed by atoms with E-state index in [4.69, 9.17) is 9.97 Å². The molecule has 0 aliphatic carbocycles. The smallest absolute Gasteiger partial charge is 0.0725 e. The fourth-order valence-electron chi connectivity index (χ4n) is 5.17. The SMILES string of the molecule is c1cncc(-c2cccc(-c3ccc(-c4ccccc4-c4ccc(-c5cccc(-c6cccnc6)n5)cc4)cc3)n2)c1. The molecule has 4 nitrogen and oxygen atoms in total. The van der Waals surface area contributed by atoms with Gasteiger partial charge in [-0.2, -0.15) is 0 Å². The zero-order chi connectivity index (χ0) is 28.1. The summed E-state index contributed by atoms with van der Waals surface area (Å²) in [5.41, 5.74) is 12.6. The summed E-state index contributed by atoms with van der Waals surface area (Å²) in [5, 5.41) is 0. The molecule has 0 radical (unpaired) electrons. The Bertz CT molecular complexity index is 1800. The van der Waals surface area contributed by atoms with Gasteiger partial charge < -0.3 is 0 Å². The summed E-state index contributed by atoms with van der Waals surface area (Å²) in [5.74, 6) is 0. The molecule has 3 aromatic carbocycles. The molecule has 0 saturated carbocycles. The Morgan fingerprint density at radius 2 is 0.667 bits per heavy atom. The molecule has 0 amide bonds. The molecule has 42 heavy (non-hydrogen) atoms. The van der Waals surface area contributed by atoms with Crippen molar-refractivity contribution in [2.24, 2.45) is 0 Å². The second-order valence-electron chi connectivity index (χ2n) is 10.00. The van der Waals surface area contributed by atoms with E-state index in [-0.39, 0.29) is 0 Å². The lowest BCUT2D eigenvalue weighted by atomic mass is 9.93. The monoisotopic (exact) mass is 538 g/mol. The van der Waals surface area contributed by atoms with Gasteiger partial charge in [0.15, 0.2) is 0 Å². The third-order valence-corrected chi connectivity index (χ3v) is 7.32. The van der Waals surface area contributed by atoms with Crippen LogP contribution in [-0.2, 0) is 0 Å². The Labute approximate surface area is 245 Å². The Morgan fingerprint density at radius 3 is 1.05 bits per heavy atom. The fourth-order valence-corrected chi connectivity index (χ4v) is 5.17. The van der Waals surface area contributed by atoms with E-state index >= 15 is 0 Å². The molecule has 7 aromatic rings. The van der Waals surface area contributed by atoms with Gasteiger partial charge in [0.05, 0.1) is 22.8 Å². The summed E-state index contributed by atoms with van der Waals surface area (Å²) in [6.07, 6.45) is 7.24. The molecule has 4 aromatic heterocycles. The van der Waals surface area contributed by atoms with Crippen LogP contribution in [0.2, 0.25) is 0 Å². The van der Waals surface area contributed by atoms with Gasteiger partial charge in [-0.15, -0.1) is 0 Å². The number of benzene rings is 3. The van der Waals surface area contributed by atoms with E-state index in [0.29, 0.717) is 0 Å². The predicted octanol–water partition coefficient (Wildman–Crippen LogP) is 9.27. The molecule has 0 N–H and O–H groups in total. The van der Waals surface area contributed by atoms with Crippen molar-refractivity contribution in [1.82, 2.24) is 19.9 Å². The second-order valence-corrected chi connectivity index (χ2v) is 10.00. The Kier molecular flexibility index (Phi) is 6.85. The largest absolute Gasteiger partial charge is 0.264 e. The van der Waals surface area contributed by atoms with E-state index in [1.165, 1.54) is 11.1 Å². The summed E-state index contributed by atoms with van der Waals surface area (Å²) in [6, 6.07) is 46.0. The van der Waals surface area contributed by atoms with Gasteiger partial charge in [0.2, 0.25) is 0 Å². The van der Waals surface area contributed by atoms with Crippen molar-refractivity contribution < 1.29 is 0 Å². The van der Waals surface area contributed by atoms with E-state index in [2.05, 4.69) is 82.8 Å². The van der Waals surface area contributed by atoms with Crippen LogP contribution in [0.3, 0.4) is 0 Å². The normalized spacial score (nSPS) is 10.9. The molecule has 4 heteroatoms. The summed E-state index contributed by atoms with van der Waals surface area (Å²) in [4.78, 5) is 18.2.